The number of carbonyl (C=O) groups excluding carboxylic acids is 3. The molecule has 0 spiro atoms. The summed E-state index contributed by atoms with van der Waals surface area (Å²) in [7, 11) is 0. The molecule has 0 bridgehead atoms. The van der Waals surface area contributed by atoms with E-state index >= 15 is 0 Å². The molecule has 0 saturated carbocycles. The molecule has 0 aliphatic rings. The first-order valence-electron chi connectivity index (χ1n) is 11.4. The second-order valence-corrected chi connectivity index (χ2v) is 10.5. The van der Waals surface area contributed by atoms with Crippen molar-refractivity contribution in [1.82, 2.24) is 15.5 Å². The van der Waals surface area contributed by atoms with Crippen LogP contribution in [0.25, 0.3) is 0 Å². The molecule has 10 heteroatoms. The quantitative estimate of drug-likeness (QED) is 0.250. The molecule has 0 aromatic heterocycles. The smallest absolute Gasteiger partial charge is 0.414 e. The van der Waals surface area contributed by atoms with Gasteiger partial charge in [-0.2, -0.15) is 0 Å². The van der Waals surface area contributed by atoms with Crippen molar-refractivity contribution in [2.45, 2.75) is 105 Å². The fourth-order valence-electron chi connectivity index (χ4n) is 2.51. The third-order valence-corrected chi connectivity index (χ3v) is 3.74. The van der Waals surface area contributed by atoms with Gasteiger partial charge in [-0.1, -0.05) is 0 Å². The van der Waals surface area contributed by atoms with Gasteiger partial charge in [-0.15, -0.1) is 0 Å². The van der Waals surface area contributed by atoms with Crippen LogP contribution in [0.1, 0.15) is 82.6 Å². The Labute approximate surface area is 198 Å². The number of ether oxygens (including phenoxy) is 3. The van der Waals surface area contributed by atoms with Crippen LogP contribution in [0, 0.1) is 0 Å². The van der Waals surface area contributed by atoms with Crippen molar-refractivity contribution in [2.24, 2.45) is 4.99 Å². The Hall–Kier alpha value is -2.52. The number of amides is 2. The molecule has 1 atom stereocenters. The molecule has 0 saturated heterocycles. The van der Waals surface area contributed by atoms with Crippen molar-refractivity contribution >= 4 is 24.1 Å². The van der Waals surface area contributed by atoms with E-state index in [4.69, 9.17) is 14.2 Å². The van der Waals surface area contributed by atoms with Crippen molar-refractivity contribution in [1.29, 1.82) is 0 Å². The standard InChI is InChI=1S/C23H44N4O6/c1-12-27(13-2)18(26-20(30)33-23(9,10)11)24-15-14-16(17(28)31-21(3,4)5)25-19(29)32-22(6,7)8/h16H,12-15H2,1-11H3,(H,25,29)(H,24,26,30)/t16-/m0/s1. The fourth-order valence-corrected chi connectivity index (χ4v) is 2.51. The van der Waals surface area contributed by atoms with Crippen molar-refractivity contribution < 1.29 is 28.6 Å². The lowest BCUT2D eigenvalue weighted by Gasteiger charge is -2.27. The third kappa shape index (κ3) is 15.0. The lowest BCUT2D eigenvalue weighted by Crippen LogP contribution is -2.47. The maximum atomic E-state index is 12.7. The first-order chi connectivity index (χ1) is 14.9. The van der Waals surface area contributed by atoms with Gasteiger partial charge in [0.2, 0.25) is 5.96 Å². The van der Waals surface area contributed by atoms with Crippen LogP contribution in [0.2, 0.25) is 0 Å². The summed E-state index contributed by atoms with van der Waals surface area (Å²) in [6, 6.07) is -0.970. The highest BCUT2D eigenvalue weighted by molar-refractivity contribution is 5.94. The Bertz CT molecular complexity index is 683. The zero-order chi connectivity index (χ0) is 26.0. The van der Waals surface area contributed by atoms with Gasteiger partial charge in [0.15, 0.2) is 0 Å². The molecule has 2 amide bonds. The Kier molecular flexibility index (Phi) is 11.7. The van der Waals surface area contributed by atoms with Gasteiger partial charge in [0.1, 0.15) is 22.8 Å². The Morgan fingerprint density at radius 3 is 1.67 bits per heavy atom. The molecule has 0 aliphatic heterocycles. The number of guanidine groups is 1. The Morgan fingerprint density at radius 2 is 1.24 bits per heavy atom. The van der Waals surface area contributed by atoms with Crippen molar-refractivity contribution in [3.63, 3.8) is 0 Å². The van der Waals surface area contributed by atoms with Crippen LogP contribution in [0.4, 0.5) is 9.59 Å². The molecule has 0 radical (unpaired) electrons. The van der Waals surface area contributed by atoms with Crippen LogP contribution in [-0.2, 0) is 19.0 Å². The molecule has 0 unspecified atom stereocenters. The van der Waals surface area contributed by atoms with E-state index in [2.05, 4.69) is 15.6 Å². The van der Waals surface area contributed by atoms with Crippen LogP contribution >= 0.6 is 0 Å². The molecule has 0 aromatic carbocycles. The first-order valence-corrected chi connectivity index (χ1v) is 11.4. The van der Waals surface area contributed by atoms with Crippen molar-refractivity contribution in [3.05, 3.63) is 0 Å². The summed E-state index contributed by atoms with van der Waals surface area (Å²) >= 11 is 0. The fraction of sp³-hybridized carbons (Fsp3) is 0.826. The number of alkyl carbamates (subject to hydrolysis) is 2. The highest BCUT2D eigenvalue weighted by Gasteiger charge is 2.28. The van der Waals surface area contributed by atoms with Gasteiger partial charge in [-0.3, -0.25) is 10.3 Å². The maximum Gasteiger partial charge on any atom is 0.414 e. The van der Waals surface area contributed by atoms with Gasteiger partial charge in [0, 0.05) is 19.6 Å². The number of esters is 1. The lowest BCUT2D eigenvalue weighted by atomic mass is 10.1. The van der Waals surface area contributed by atoms with E-state index in [-0.39, 0.29) is 13.0 Å². The summed E-state index contributed by atoms with van der Waals surface area (Å²) in [5, 5.41) is 5.24. The number of rotatable bonds is 7. The lowest BCUT2D eigenvalue weighted by molar-refractivity contribution is -0.157. The maximum absolute atomic E-state index is 12.7. The van der Waals surface area contributed by atoms with E-state index < -0.39 is 41.0 Å². The van der Waals surface area contributed by atoms with Crippen molar-refractivity contribution in [2.75, 3.05) is 19.6 Å². The van der Waals surface area contributed by atoms with E-state index in [0.29, 0.717) is 19.0 Å². The van der Waals surface area contributed by atoms with E-state index in [9.17, 15) is 14.4 Å². The number of aliphatic imine (C=N–C) groups is 1. The second-order valence-electron chi connectivity index (χ2n) is 10.5. The normalized spacial score (nSPS) is 13.6. The van der Waals surface area contributed by atoms with Gasteiger partial charge in [0.25, 0.3) is 0 Å². The summed E-state index contributed by atoms with van der Waals surface area (Å²) in [5.41, 5.74) is -2.09. The highest BCUT2D eigenvalue weighted by Crippen LogP contribution is 2.12. The Balaban J connectivity index is 5.52. The van der Waals surface area contributed by atoms with Gasteiger partial charge < -0.3 is 24.4 Å². The minimum Gasteiger partial charge on any atom is -0.458 e. The predicted octanol–water partition coefficient (Wildman–Crippen LogP) is 3.83. The summed E-state index contributed by atoms with van der Waals surface area (Å²) in [4.78, 5) is 43.5. The second kappa shape index (κ2) is 12.6. The van der Waals surface area contributed by atoms with Crippen LogP contribution in [0.15, 0.2) is 4.99 Å². The molecule has 2 N–H and O–H groups in total. The first kappa shape index (κ1) is 30.5. The summed E-state index contributed by atoms with van der Waals surface area (Å²) in [6.45, 7) is 21.0. The highest BCUT2D eigenvalue weighted by atomic mass is 16.6. The summed E-state index contributed by atoms with van der Waals surface area (Å²) < 4.78 is 16.0. The van der Waals surface area contributed by atoms with E-state index in [0.717, 1.165) is 0 Å². The van der Waals surface area contributed by atoms with Crippen LogP contribution in [0.3, 0.4) is 0 Å². The van der Waals surface area contributed by atoms with Crippen LogP contribution < -0.4 is 10.6 Å². The van der Waals surface area contributed by atoms with E-state index in [1.165, 1.54) is 0 Å². The van der Waals surface area contributed by atoms with Crippen LogP contribution in [-0.4, -0.2) is 71.5 Å². The number of hydrogen-bond acceptors (Lipinski definition) is 7. The molecule has 33 heavy (non-hydrogen) atoms. The molecule has 0 heterocycles. The van der Waals surface area contributed by atoms with Crippen molar-refractivity contribution in [3.8, 4) is 0 Å². The minimum absolute atomic E-state index is 0.140. The van der Waals surface area contributed by atoms with Crippen LogP contribution in [0.5, 0.6) is 0 Å². The van der Waals surface area contributed by atoms with Gasteiger partial charge in [-0.25, -0.2) is 14.4 Å². The molecular weight excluding hydrogens is 428 g/mol. The summed E-state index contributed by atoms with van der Waals surface area (Å²) in [5.74, 6) is -0.262. The number of nitrogens with one attached hydrogen (secondary N) is 2. The molecular formula is C23H44N4O6. The van der Waals surface area contributed by atoms with Gasteiger partial charge in [-0.05, 0) is 82.6 Å². The number of hydrogen-bond donors (Lipinski definition) is 2. The van der Waals surface area contributed by atoms with E-state index in [1.54, 1.807) is 62.3 Å². The molecule has 0 rings (SSSR count). The van der Waals surface area contributed by atoms with E-state index in [1.807, 2.05) is 18.7 Å². The zero-order valence-electron chi connectivity index (χ0n) is 22.2. The molecule has 0 aliphatic carbocycles. The van der Waals surface area contributed by atoms with Gasteiger partial charge >= 0.3 is 18.2 Å². The topological polar surface area (TPSA) is 119 Å². The molecule has 192 valence electrons. The predicted molar refractivity (Wildman–Crippen MR) is 128 cm³/mol. The van der Waals surface area contributed by atoms with Gasteiger partial charge in [0.05, 0.1) is 0 Å². The third-order valence-electron chi connectivity index (χ3n) is 3.74. The zero-order valence-corrected chi connectivity index (χ0v) is 22.2. The average molecular weight is 473 g/mol. The molecule has 0 fully saturated rings. The number of carbonyl (C=O) groups is 3. The monoisotopic (exact) mass is 472 g/mol. The molecule has 0 aromatic rings. The summed E-state index contributed by atoms with van der Waals surface area (Å²) in [6.07, 6.45) is -1.20. The SMILES string of the molecule is CCN(CC)C(=NCC[C@H](NC(=O)OC(C)(C)C)C(=O)OC(C)(C)C)NC(=O)OC(C)(C)C. The number of nitrogens with zero attached hydrogens (tertiary/aromatic N) is 2. The average Bonchev–Trinajstić information content (AvgIpc) is 2.56. The largest absolute Gasteiger partial charge is 0.458 e. The minimum atomic E-state index is -0.970. The Morgan fingerprint density at radius 1 is 0.788 bits per heavy atom. The molecule has 10 nitrogen and oxygen atoms in total.